The Morgan fingerprint density at radius 3 is 2.58 bits per heavy atom. The van der Waals surface area contributed by atoms with E-state index in [1.807, 2.05) is 12.1 Å². The number of amides is 3. The topological polar surface area (TPSA) is 82.2 Å². The van der Waals surface area contributed by atoms with Gasteiger partial charge >= 0.3 is 0 Å². The maximum atomic E-state index is 13.3. The third kappa shape index (κ3) is 6.89. The highest BCUT2D eigenvalue weighted by Crippen LogP contribution is 2.30. The van der Waals surface area contributed by atoms with Crippen LogP contribution in [0.2, 0.25) is 25.7 Å². The quantitative estimate of drug-likeness (QED) is 0.255. The fraction of sp³-hybridized carbons (Fsp3) is 0.516. The van der Waals surface area contributed by atoms with Crippen molar-refractivity contribution < 1.29 is 19.1 Å². The van der Waals surface area contributed by atoms with Gasteiger partial charge in [0.2, 0.25) is 5.91 Å². The molecule has 3 aliphatic heterocycles. The van der Waals surface area contributed by atoms with E-state index < -0.39 is 14.1 Å². The number of imide groups is 1. The van der Waals surface area contributed by atoms with Crippen molar-refractivity contribution >= 4 is 25.8 Å². The molecule has 0 aliphatic carbocycles. The molecule has 0 spiro atoms. The molecule has 0 aromatic heterocycles. The van der Waals surface area contributed by atoms with Crippen LogP contribution in [0, 0.1) is 0 Å². The molecule has 9 heteroatoms. The number of likely N-dealkylation sites (tertiary alicyclic amines) is 2. The predicted molar refractivity (Wildman–Crippen MR) is 157 cm³/mol. The number of rotatable bonds is 11. The highest BCUT2D eigenvalue weighted by molar-refractivity contribution is 6.76. The number of hydrogen-bond acceptors (Lipinski definition) is 6. The van der Waals surface area contributed by atoms with E-state index in [0.29, 0.717) is 31.2 Å². The van der Waals surface area contributed by atoms with Crippen LogP contribution < -0.4 is 5.32 Å². The summed E-state index contributed by atoms with van der Waals surface area (Å²) in [7, 11) is -1.27. The zero-order valence-electron chi connectivity index (χ0n) is 24.0. The minimum atomic E-state index is -1.27. The summed E-state index contributed by atoms with van der Waals surface area (Å²) in [6.07, 6.45) is 1.72. The van der Waals surface area contributed by atoms with E-state index in [1.165, 1.54) is 10.5 Å². The van der Waals surface area contributed by atoms with Crippen molar-refractivity contribution in [2.45, 2.75) is 76.7 Å². The molecule has 5 rings (SSSR count). The van der Waals surface area contributed by atoms with Gasteiger partial charge in [-0.2, -0.15) is 0 Å². The van der Waals surface area contributed by atoms with Crippen molar-refractivity contribution in [2.24, 2.45) is 0 Å². The lowest BCUT2D eigenvalue weighted by molar-refractivity contribution is -0.158. The maximum absolute atomic E-state index is 13.3. The molecule has 1 N–H and O–H groups in total. The molecule has 8 nitrogen and oxygen atoms in total. The van der Waals surface area contributed by atoms with Crippen molar-refractivity contribution in [1.29, 1.82) is 0 Å². The largest absolute Gasteiger partial charge is 0.361 e. The summed E-state index contributed by atoms with van der Waals surface area (Å²) >= 11 is 0. The average molecular weight is 563 g/mol. The van der Waals surface area contributed by atoms with Crippen molar-refractivity contribution in [3.63, 3.8) is 0 Å². The molecule has 2 atom stereocenters. The molecule has 2 aromatic rings. The molecule has 3 amide bonds. The predicted octanol–water partition coefficient (Wildman–Crippen LogP) is 3.84. The molecular formula is C31H42N4O4Si. The lowest BCUT2D eigenvalue weighted by Crippen LogP contribution is -2.55. The summed E-state index contributed by atoms with van der Waals surface area (Å²) in [5.41, 5.74) is 4.08. The standard InChI is InChI=1S/C31H42N4O4Si/c1-40(2,3)16-15-39-22-35-29(36)12-11-28(31(35)38)34-20-25-17-24(9-10-27(25)30(34)37)18-32-26-13-14-33(21-26)19-23-7-5-4-6-8-23/h4-10,17,26,28,32H,11-16,18-22H2,1-3H3. The number of carbonyl (C=O) groups is 3. The number of fused-ring (bicyclic) bond motifs is 1. The van der Waals surface area contributed by atoms with Crippen LogP contribution >= 0.6 is 0 Å². The average Bonchev–Trinajstić information content (AvgIpc) is 3.50. The summed E-state index contributed by atoms with van der Waals surface area (Å²) in [4.78, 5) is 44.4. The molecule has 40 heavy (non-hydrogen) atoms. The number of piperidine rings is 1. The summed E-state index contributed by atoms with van der Waals surface area (Å²) < 4.78 is 5.72. The lowest BCUT2D eigenvalue weighted by atomic mass is 10.0. The van der Waals surface area contributed by atoms with Gasteiger partial charge in [-0.25, -0.2) is 0 Å². The third-order valence-electron chi connectivity index (χ3n) is 8.19. The molecule has 0 bridgehead atoms. The van der Waals surface area contributed by atoms with Crippen LogP contribution in [0.15, 0.2) is 48.5 Å². The number of hydrogen-bond donors (Lipinski definition) is 1. The fourth-order valence-corrected chi connectivity index (χ4v) is 6.54. The Morgan fingerprint density at radius 2 is 1.80 bits per heavy atom. The van der Waals surface area contributed by atoms with Gasteiger partial charge in [0.1, 0.15) is 12.8 Å². The Hall–Kier alpha value is -2.85. The number of benzene rings is 2. The van der Waals surface area contributed by atoms with Gasteiger partial charge in [-0.3, -0.25) is 24.2 Å². The molecule has 3 heterocycles. The second-order valence-electron chi connectivity index (χ2n) is 12.6. The minimum Gasteiger partial charge on any atom is -0.361 e. The van der Waals surface area contributed by atoms with Crippen LogP contribution in [0.5, 0.6) is 0 Å². The Bertz CT molecular complexity index is 1230. The highest BCUT2D eigenvalue weighted by Gasteiger charge is 2.42. The lowest BCUT2D eigenvalue weighted by Gasteiger charge is -2.35. The maximum Gasteiger partial charge on any atom is 0.255 e. The molecule has 2 fully saturated rings. The zero-order valence-corrected chi connectivity index (χ0v) is 25.0. The molecule has 214 valence electrons. The van der Waals surface area contributed by atoms with E-state index in [0.717, 1.165) is 49.8 Å². The first-order valence-corrected chi connectivity index (χ1v) is 18.2. The molecule has 3 aliphatic rings. The second-order valence-corrected chi connectivity index (χ2v) is 18.2. The van der Waals surface area contributed by atoms with Crippen molar-refractivity contribution in [2.75, 3.05) is 26.4 Å². The number of ether oxygens (including phenoxy) is 1. The van der Waals surface area contributed by atoms with Crippen LogP contribution in [0.1, 0.15) is 46.3 Å². The highest BCUT2D eigenvalue weighted by atomic mass is 28.3. The summed E-state index contributed by atoms with van der Waals surface area (Å²) in [6.45, 7) is 11.5. The van der Waals surface area contributed by atoms with Gasteiger partial charge in [-0.05, 0) is 41.6 Å². The van der Waals surface area contributed by atoms with E-state index in [4.69, 9.17) is 4.74 Å². The molecule has 0 radical (unpaired) electrons. The summed E-state index contributed by atoms with van der Waals surface area (Å²) in [5.74, 6) is -0.677. The van der Waals surface area contributed by atoms with Crippen LogP contribution in [0.25, 0.3) is 0 Å². The third-order valence-corrected chi connectivity index (χ3v) is 9.90. The van der Waals surface area contributed by atoms with Crippen molar-refractivity contribution in [1.82, 2.24) is 20.0 Å². The van der Waals surface area contributed by atoms with Gasteiger partial charge in [0.25, 0.3) is 11.8 Å². The van der Waals surface area contributed by atoms with Crippen LogP contribution in [-0.2, 0) is 34.0 Å². The first kappa shape index (κ1) is 28.7. The summed E-state index contributed by atoms with van der Waals surface area (Å²) in [6, 6.07) is 17.3. The second kappa shape index (κ2) is 12.3. The van der Waals surface area contributed by atoms with Gasteiger partial charge < -0.3 is 15.0 Å². The van der Waals surface area contributed by atoms with E-state index in [1.54, 1.807) is 4.90 Å². The molecule has 2 aromatic carbocycles. The monoisotopic (exact) mass is 562 g/mol. The smallest absolute Gasteiger partial charge is 0.255 e. The van der Waals surface area contributed by atoms with Crippen LogP contribution in [0.3, 0.4) is 0 Å². The molecule has 2 unspecified atom stereocenters. The van der Waals surface area contributed by atoms with E-state index in [2.05, 4.69) is 66.3 Å². The number of carbonyl (C=O) groups excluding carboxylic acids is 3. The first-order chi connectivity index (χ1) is 19.2. The fourth-order valence-electron chi connectivity index (χ4n) is 5.79. The summed E-state index contributed by atoms with van der Waals surface area (Å²) in [5, 5.41) is 3.69. The van der Waals surface area contributed by atoms with Gasteiger partial charge in [-0.15, -0.1) is 0 Å². The molecule has 2 saturated heterocycles. The first-order valence-electron chi connectivity index (χ1n) is 14.5. The Balaban J connectivity index is 1.14. The van der Waals surface area contributed by atoms with E-state index in [-0.39, 0.29) is 30.9 Å². The Labute approximate surface area is 238 Å². The minimum absolute atomic E-state index is 0.0343. The van der Waals surface area contributed by atoms with E-state index >= 15 is 0 Å². The Kier molecular flexibility index (Phi) is 8.85. The molecular weight excluding hydrogens is 520 g/mol. The Morgan fingerprint density at radius 1 is 1.00 bits per heavy atom. The SMILES string of the molecule is C[Si](C)(C)CCOCN1C(=O)CCC(N2Cc3cc(CNC4CCN(Cc5ccccc5)C4)ccc3C2=O)C1=O. The van der Waals surface area contributed by atoms with Gasteiger partial charge in [-0.1, -0.05) is 62.1 Å². The van der Waals surface area contributed by atoms with Gasteiger partial charge in [0.15, 0.2) is 0 Å². The normalized spacial score (nSPS) is 21.9. The van der Waals surface area contributed by atoms with Crippen LogP contribution in [-0.4, -0.2) is 79.0 Å². The van der Waals surface area contributed by atoms with Crippen molar-refractivity contribution in [3.05, 3.63) is 70.8 Å². The number of nitrogens with zero attached hydrogens (tertiary/aromatic N) is 3. The van der Waals surface area contributed by atoms with Gasteiger partial charge in [0, 0.05) is 65.4 Å². The number of nitrogens with one attached hydrogen (secondary N) is 1. The zero-order chi connectivity index (χ0) is 28.3. The molecule has 0 saturated carbocycles. The van der Waals surface area contributed by atoms with E-state index in [9.17, 15) is 14.4 Å². The van der Waals surface area contributed by atoms with Crippen molar-refractivity contribution in [3.8, 4) is 0 Å². The van der Waals surface area contributed by atoms with Crippen LogP contribution in [0.4, 0.5) is 0 Å². The van der Waals surface area contributed by atoms with Gasteiger partial charge in [0.05, 0.1) is 0 Å².